The third-order valence-electron chi connectivity index (χ3n) is 4.61. The molecule has 0 bridgehead atoms. The molecule has 1 aromatic heterocycles. The SMILES string of the molecule is O=C(NCCN1C(=O)Cc2ccccc21)c1occ2c1CCC2. The lowest BCUT2D eigenvalue weighted by Crippen LogP contribution is -2.36. The van der Waals surface area contributed by atoms with Gasteiger partial charge in [-0.25, -0.2) is 0 Å². The number of rotatable bonds is 4. The molecule has 2 aromatic rings. The van der Waals surface area contributed by atoms with Gasteiger partial charge >= 0.3 is 0 Å². The fraction of sp³-hybridized carbons (Fsp3) is 0.333. The zero-order valence-corrected chi connectivity index (χ0v) is 12.8. The van der Waals surface area contributed by atoms with Gasteiger partial charge in [-0.1, -0.05) is 18.2 Å². The molecule has 0 saturated carbocycles. The van der Waals surface area contributed by atoms with Crippen LogP contribution in [-0.4, -0.2) is 24.9 Å². The molecule has 0 saturated heterocycles. The third-order valence-corrected chi connectivity index (χ3v) is 4.61. The van der Waals surface area contributed by atoms with Crippen LogP contribution >= 0.6 is 0 Å². The van der Waals surface area contributed by atoms with E-state index in [2.05, 4.69) is 5.32 Å². The van der Waals surface area contributed by atoms with Gasteiger partial charge in [-0.05, 0) is 36.5 Å². The van der Waals surface area contributed by atoms with Crippen molar-refractivity contribution in [1.82, 2.24) is 5.32 Å². The number of nitrogens with one attached hydrogen (secondary N) is 1. The molecule has 1 aromatic carbocycles. The van der Waals surface area contributed by atoms with Crippen LogP contribution in [0.1, 0.15) is 33.7 Å². The summed E-state index contributed by atoms with van der Waals surface area (Å²) in [6.45, 7) is 0.888. The number of para-hydroxylation sites is 1. The maximum Gasteiger partial charge on any atom is 0.287 e. The molecule has 1 aliphatic carbocycles. The number of carbonyl (C=O) groups excluding carboxylic acids is 2. The number of amides is 2. The number of aryl methyl sites for hydroxylation is 1. The van der Waals surface area contributed by atoms with Gasteiger partial charge in [0.25, 0.3) is 5.91 Å². The Morgan fingerprint density at radius 3 is 3.00 bits per heavy atom. The number of carbonyl (C=O) groups is 2. The molecule has 118 valence electrons. The van der Waals surface area contributed by atoms with Gasteiger partial charge in [0.2, 0.25) is 5.91 Å². The monoisotopic (exact) mass is 310 g/mol. The van der Waals surface area contributed by atoms with Crippen molar-refractivity contribution in [2.75, 3.05) is 18.0 Å². The summed E-state index contributed by atoms with van der Waals surface area (Å²) < 4.78 is 5.41. The van der Waals surface area contributed by atoms with Gasteiger partial charge in [-0.2, -0.15) is 0 Å². The first-order valence-corrected chi connectivity index (χ1v) is 8.00. The first-order chi connectivity index (χ1) is 11.2. The van der Waals surface area contributed by atoms with Gasteiger partial charge in [0.05, 0.1) is 12.7 Å². The lowest BCUT2D eigenvalue weighted by atomic mass is 10.2. The molecule has 4 rings (SSSR count). The second-order valence-corrected chi connectivity index (χ2v) is 6.03. The molecule has 2 amide bonds. The number of fused-ring (bicyclic) bond motifs is 2. The Morgan fingerprint density at radius 2 is 2.09 bits per heavy atom. The Bertz CT molecular complexity index is 778. The van der Waals surface area contributed by atoms with Crippen molar-refractivity contribution in [3.8, 4) is 0 Å². The number of nitrogens with zero attached hydrogens (tertiary/aromatic N) is 1. The second kappa shape index (κ2) is 5.57. The smallest absolute Gasteiger partial charge is 0.287 e. The van der Waals surface area contributed by atoms with Gasteiger partial charge in [0.15, 0.2) is 5.76 Å². The summed E-state index contributed by atoms with van der Waals surface area (Å²) in [5.41, 5.74) is 4.20. The molecule has 5 nitrogen and oxygen atoms in total. The minimum atomic E-state index is -0.187. The normalized spacial score (nSPS) is 15.7. The van der Waals surface area contributed by atoms with E-state index in [1.54, 1.807) is 11.2 Å². The lowest BCUT2D eigenvalue weighted by Gasteiger charge is -2.17. The van der Waals surface area contributed by atoms with Crippen molar-refractivity contribution in [2.45, 2.75) is 25.7 Å². The van der Waals surface area contributed by atoms with E-state index in [0.29, 0.717) is 25.3 Å². The highest BCUT2D eigenvalue weighted by molar-refractivity contribution is 6.01. The molecular formula is C18H18N2O3. The summed E-state index contributed by atoms with van der Waals surface area (Å²) in [6.07, 6.45) is 5.12. The quantitative estimate of drug-likeness (QED) is 0.940. The average Bonchev–Trinajstić information content (AvgIpc) is 3.21. The van der Waals surface area contributed by atoms with Crippen LogP contribution in [0.2, 0.25) is 0 Å². The lowest BCUT2D eigenvalue weighted by molar-refractivity contribution is -0.117. The topological polar surface area (TPSA) is 62.6 Å². The van der Waals surface area contributed by atoms with E-state index in [-0.39, 0.29) is 11.8 Å². The molecule has 5 heteroatoms. The number of hydrogen-bond acceptors (Lipinski definition) is 3. The maximum atomic E-state index is 12.3. The Labute approximate surface area is 134 Å². The second-order valence-electron chi connectivity index (χ2n) is 6.03. The first-order valence-electron chi connectivity index (χ1n) is 8.00. The largest absolute Gasteiger partial charge is 0.459 e. The van der Waals surface area contributed by atoms with Crippen molar-refractivity contribution in [3.05, 3.63) is 53.0 Å². The summed E-state index contributed by atoms with van der Waals surface area (Å²) in [5.74, 6) is 0.332. The number of benzene rings is 1. The molecule has 1 N–H and O–H groups in total. The van der Waals surface area contributed by atoms with E-state index < -0.39 is 0 Å². The standard InChI is InChI=1S/C18H18N2O3/c21-16-10-12-4-1-2-7-15(12)20(16)9-8-19-18(22)17-14-6-3-5-13(14)11-23-17/h1-2,4,7,11H,3,5-6,8-10H2,(H,19,22). The Kier molecular flexibility index (Phi) is 3.41. The van der Waals surface area contributed by atoms with Crippen LogP contribution in [0.4, 0.5) is 5.69 Å². The first kappa shape index (κ1) is 14.1. The Balaban J connectivity index is 1.39. The Hall–Kier alpha value is -2.56. The van der Waals surface area contributed by atoms with Crippen LogP contribution < -0.4 is 10.2 Å². The van der Waals surface area contributed by atoms with E-state index in [9.17, 15) is 9.59 Å². The predicted molar refractivity (Wildman–Crippen MR) is 85.6 cm³/mol. The summed E-state index contributed by atoms with van der Waals surface area (Å²) in [5, 5.41) is 2.87. The average molecular weight is 310 g/mol. The molecule has 2 aliphatic rings. The highest BCUT2D eigenvalue weighted by Gasteiger charge is 2.27. The fourth-order valence-corrected chi connectivity index (χ4v) is 3.47. The summed E-state index contributed by atoms with van der Waals surface area (Å²) >= 11 is 0. The summed E-state index contributed by atoms with van der Waals surface area (Å²) in [7, 11) is 0. The molecule has 0 spiro atoms. The van der Waals surface area contributed by atoms with Gasteiger partial charge in [-0.3, -0.25) is 9.59 Å². The van der Waals surface area contributed by atoms with Gasteiger partial charge in [-0.15, -0.1) is 0 Å². The molecule has 0 fully saturated rings. The number of anilines is 1. The van der Waals surface area contributed by atoms with Crippen molar-refractivity contribution in [2.24, 2.45) is 0 Å². The number of furan rings is 1. The van der Waals surface area contributed by atoms with E-state index >= 15 is 0 Å². The summed E-state index contributed by atoms with van der Waals surface area (Å²) in [4.78, 5) is 26.1. The minimum absolute atomic E-state index is 0.0827. The van der Waals surface area contributed by atoms with Crippen LogP contribution in [-0.2, 0) is 24.1 Å². The van der Waals surface area contributed by atoms with Crippen molar-refractivity contribution >= 4 is 17.5 Å². The van der Waals surface area contributed by atoms with E-state index in [4.69, 9.17) is 4.42 Å². The van der Waals surface area contributed by atoms with Gasteiger partial charge in [0, 0.05) is 24.3 Å². The fourth-order valence-electron chi connectivity index (χ4n) is 3.47. The van der Waals surface area contributed by atoms with E-state index in [0.717, 1.165) is 41.6 Å². The van der Waals surface area contributed by atoms with Crippen LogP contribution in [0.15, 0.2) is 34.9 Å². The zero-order valence-electron chi connectivity index (χ0n) is 12.8. The van der Waals surface area contributed by atoms with Crippen molar-refractivity contribution in [3.63, 3.8) is 0 Å². The number of hydrogen-bond donors (Lipinski definition) is 1. The zero-order chi connectivity index (χ0) is 15.8. The summed E-state index contributed by atoms with van der Waals surface area (Å²) in [6, 6.07) is 7.78. The van der Waals surface area contributed by atoms with Gasteiger partial charge in [0.1, 0.15) is 0 Å². The molecule has 0 radical (unpaired) electrons. The van der Waals surface area contributed by atoms with E-state index in [1.165, 1.54) is 0 Å². The minimum Gasteiger partial charge on any atom is -0.459 e. The van der Waals surface area contributed by atoms with Crippen LogP contribution in [0.25, 0.3) is 0 Å². The Morgan fingerprint density at radius 1 is 1.22 bits per heavy atom. The highest BCUT2D eigenvalue weighted by atomic mass is 16.3. The van der Waals surface area contributed by atoms with Crippen LogP contribution in [0.3, 0.4) is 0 Å². The molecule has 0 atom stereocenters. The van der Waals surface area contributed by atoms with Gasteiger partial charge < -0.3 is 14.6 Å². The predicted octanol–water partition coefficient (Wildman–Crippen LogP) is 2.09. The van der Waals surface area contributed by atoms with E-state index in [1.807, 2.05) is 24.3 Å². The van der Waals surface area contributed by atoms with Crippen molar-refractivity contribution in [1.29, 1.82) is 0 Å². The maximum absolute atomic E-state index is 12.3. The van der Waals surface area contributed by atoms with Crippen molar-refractivity contribution < 1.29 is 14.0 Å². The molecular weight excluding hydrogens is 292 g/mol. The highest BCUT2D eigenvalue weighted by Crippen LogP contribution is 2.28. The third kappa shape index (κ3) is 2.42. The molecule has 1 aliphatic heterocycles. The van der Waals surface area contributed by atoms with Crippen LogP contribution in [0, 0.1) is 0 Å². The molecule has 0 unspecified atom stereocenters. The van der Waals surface area contributed by atoms with Crippen LogP contribution in [0.5, 0.6) is 0 Å². The molecule has 2 heterocycles. The molecule has 23 heavy (non-hydrogen) atoms.